The van der Waals surface area contributed by atoms with Crippen molar-refractivity contribution in [2.24, 2.45) is 0 Å². The number of pyridine rings is 1. The molecule has 0 aliphatic carbocycles. The molecule has 4 aromatic rings. The Morgan fingerprint density at radius 2 is 1.88 bits per heavy atom. The molecule has 0 aliphatic heterocycles. The predicted octanol–water partition coefficient (Wildman–Crippen LogP) is 4.41. The van der Waals surface area contributed by atoms with Crippen LogP contribution < -0.4 is 10.5 Å². The van der Waals surface area contributed by atoms with Crippen molar-refractivity contribution in [3.05, 3.63) is 78.1 Å². The molecule has 2 aromatic heterocycles. The molecule has 4 rings (SSSR count). The van der Waals surface area contributed by atoms with E-state index in [1.165, 1.54) is 11.1 Å². The summed E-state index contributed by atoms with van der Waals surface area (Å²) in [5.41, 5.74) is 12.1. The average molecular weight is 329 g/mol. The number of rotatable bonds is 4. The number of nitrogens with two attached hydrogens (primary N) is 1. The molecule has 0 spiro atoms. The first-order valence-corrected chi connectivity index (χ1v) is 8.18. The van der Waals surface area contributed by atoms with E-state index in [1.54, 1.807) is 7.11 Å². The van der Waals surface area contributed by atoms with Crippen LogP contribution in [0.25, 0.3) is 22.2 Å². The maximum Gasteiger partial charge on any atom is 0.137 e. The Kier molecular flexibility index (Phi) is 3.86. The normalized spacial score (nSPS) is 10.9. The Hall–Kier alpha value is -3.27. The van der Waals surface area contributed by atoms with E-state index in [4.69, 9.17) is 10.5 Å². The molecule has 0 saturated carbocycles. The fourth-order valence-electron chi connectivity index (χ4n) is 3.04. The topological polar surface area (TPSA) is 63.9 Å². The first-order chi connectivity index (χ1) is 12.2. The Balaban J connectivity index is 1.72. The second-order valence-corrected chi connectivity index (χ2v) is 6.08. The van der Waals surface area contributed by atoms with Crippen LogP contribution in [0.4, 0.5) is 5.69 Å². The van der Waals surface area contributed by atoms with Gasteiger partial charge in [0.1, 0.15) is 11.4 Å². The van der Waals surface area contributed by atoms with Crippen LogP contribution in [0.5, 0.6) is 5.75 Å². The van der Waals surface area contributed by atoms with Gasteiger partial charge in [-0.25, -0.2) is 4.98 Å². The number of nitrogens with one attached hydrogen (secondary N) is 1. The van der Waals surface area contributed by atoms with Crippen LogP contribution in [-0.2, 0) is 6.42 Å². The highest BCUT2D eigenvalue weighted by atomic mass is 16.5. The Labute approximate surface area is 146 Å². The van der Waals surface area contributed by atoms with E-state index in [0.717, 1.165) is 40.0 Å². The van der Waals surface area contributed by atoms with Gasteiger partial charge in [0.15, 0.2) is 0 Å². The van der Waals surface area contributed by atoms with Gasteiger partial charge in [-0.1, -0.05) is 24.3 Å². The van der Waals surface area contributed by atoms with Gasteiger partial charge < -0.3 is 15.5 Å². The van der Waals surface area contributed by atoms with Crippen molar-refractivity contribution in [2.75, 3.05) is 12.8 Å². The quantitative estimate of drug-likeness (QED) is 0.545. The molecule has 0 radical (unpaired) electrons. The van der Waals surface area contributed by atoms with E-state index < -0.39 is 0 Å². The van der Waals surface area contributed by atoms with E-state index in [0.29, 0.717) is 0 Å². The van der Waals surface area contributed by atoms with Crippen molar-refractivity contribution < 1.29 is 4.74 Å². The van der Waals surface area contributed by atoms with Crippen molar-refractivity contribution in [2.45, 2.75) is 6.42 Å². The first kappa shape index (κ1) is 15.3. The molecule has 0 amide bonds. The minimum Gasteiger partial charge on any atom is -0.497 e. The number of ether oxygens (including phenoxy) is 1. The summed E-state index contributed by atoms with van der Waals surface area (Å²) in [7, 11) is 1.69. The number of hydrogen-bond acceptors (Lipinski definition) is 3. The molecular formula is C21H19N3O. The van der Waals surface area contributed by atoms with Gasteiger partial charge in [0.2, 0.25) is 0 Å². The van der Waals surface area contributed by atoms with Crippen molar-refractivity contribution >= 4 is 16.7 Å². The summed E-state index contributed by atoms with van der Waals surface area (Å²) in [4.78, 5) is 7.83. The van der Waals surface area contributed by atoms with Crippen LogP contribution in [0.1, 0.15) is 11.1 Å². The molecule has 0 unspecified atom stereocenters. The molecule has 124 valence electrons. The van der Waals surface area contributed by atoms with Gasteiger partial charge in [0.05, 0.1) is 7.11 Å². The highest BCUT2D eigenvalue weighted by molar-refractivity contribution is 5.85. The number of nitrogen functional groups attached to an aromatic ring is 1. The summed E-state index contributed by atoms with van der Waals surface area (Å²) in [6.45, 7) is 0. The molecule has 2 heterocycles. The summed E-state index contributed by atoms with van der Waals surface area (Å²) >= 11 is 0. The summed E-state index contributed by atoms with van der Waals surface area (Å²) in [5, 5.41) is 1.14. The number of aromatic nitrogens is 2. The number of aromatic amines is 1. The van der Waals surface area contributed by atoms with Gasteiger partial charge >= 0.3 is 0 Å². The molecule has 25 heavy (non-hydrogen) atoms. The zero-order valence-electron chi connectivity index (χ0n) is 14.0. The molecular weight excluding hydrogens is 310 g/mol. The SMILES string of the molecule is COc1cccc(Cc2c[nH]c3ncc(-c4ccc(N)cc4)cc23)c1. The third kappa shape index (κ3) is 3.06. The van der Waals surface area contributed by atoms with Crippen LogP contribution in [0.3, 0.4) is 0 Å². The first-order valence-electron chi connectivity index (χ1n) is 8.18. The van der Waals surface area contributed by atoms with E-state index >= 15 is 0 Å². The largest absolute Gasteiger partial charge is 0.497 e. The lowest BCUT2D eigenvalue weighted by Crippen LogP contribution is -1.90. The Bertz CT molecular complexity index is 1020. The summed E-state index contributed by atoms with van der Waals surface area (Å²) in [6.07, 6.45) is 4.74. The molecule has 2 aromatic carbocycles. The van der Waals surface area contributed by atoms with E-state index in [2.05, 4.69) is 28.2 Å². The van der Waals surface area contributed by atoms with Crippen LogP contribution >= 0.6 is 0 Å². The van der Waals surface area contributed by atoms with Gasteiger partial charge in [0, 0.05) is 29.0 Å². The maximum absolute atomic E-state index is 5.78. The summed E-state index contributed by atoms with van der Waals surface area (Å²) in [5.74, 6) is 0.873. The Morgan fingerprint density at radius 1 is 1.04 bits per heavy atom. The minimum atomic E-state index is 0.762. The number of H-pyrrole nitrogens is 1. The minimum absolute atomic E-state index is 0.762. The van der Waals surface area contributed by atoms with Gasteiger partial charge in [-0.05, 0) is 53.4 Å². The van der Waals surface area contributed by atoms with E-state index in [9.17, 15) is 0 Å². The van der Waals surface area contributed by atoms with Crippen molar-refractivity contribution in [1.82, 2.24) is 9.97 Å². The number of methoxy groups -OCH3 is 1. The number of anilines is 1. The standard InChI is InChI=1S/C21H19N3O/c1-25-19-4-2-3-14(10-19)9-17-13-24-21-20(17)11-16(12-23-21)15-5-7-18(22)8-6-15/h2-8,10-13H,9,22H2,1H3,(H,23,24). The van der Waals surface area contributed by atoms with Gasteiger partial charge in [-0.2, -0.15) is 0 Å². The summed E-state index contributed by atoms with van der Waals surface area (Å²) in [6, 6.07) is 18.2. The lowest BCUT2D eigenvalue weighted by molar-refractivity contribution is 0.414. The number of nitrogens with zero attached hydrogens (tertiary/aromatic N) is 1. The molecule has 0 atom stereocenters. The molecule has 0 aliphatic rings. The van der Waals surface area contributed by atoms with Crippen LogP contribution in [-0.4, -0.2) is 17.1 Å². The molecule has 0 saturated heterocycles. The van der Waals surface area contributed by atoms with Crippen LogP contribution in [0.2, 0.25) is 0 Å². The zero-order valence-corrected chi connectivity index (χ0v) is 14.0. The second kappa shape index (κ2) is 6.32. The third-order valence-electron chi connectivity index (χ3n) is 4.39. The van der Waals surface area contributed by atoms with Crippen molar-refractivity contribution in [1.29, 1.82) is 0 Å². The van der Waals surface area contributed by atoms with E-state index in [-0.39, 0.29) is 0 Å². The smallest absolute Gasteiger partial charge is 0.137 e. The monoisotopic (exact) mass is 329 g/mol. The van der Waals surface area contributed by atoms with Crippen molar-refractivity contribution in [3.63, 3.8) is 0 Å². The van der Waals surface area contributed by atoms with E-state index in [1.807, 2.05) is 48.8 Å². The number of hydrogen-bond donors (Lipinski definition) is 2. The zero-order chi connectivity index (χ0) is 17.2. The molecule has 4 nitrogen and oxygen atoms in total. The number of fused-ring (bicyclic) bond motifs is 1. The van der Waals surface area contributed by atoms with Gasteiger partial charge in [-0.3, -0.25) is 0 Å². The molecule has 0 bridgehead atoms. The highest BCUT2D eigenvalue weighted by Crippen LogP contribution is 2.27. The molecule has 0 fully saturated rings. The fourth-order valence-corrected chi connectivity index (χ4v) is 3.04. The molecule has 4 heteroatoms. The van der Waals surface area contributed by atoms with Gasteiger partial charge in [0.25, 0.3) is 0 Å². The Morgan fingerprint density at radius 3 is 2.68 bits per heavy atom. The lowest BCUT2D eigenvalue weighted by atomic mass is 10.0. The lowest BCUT2D eigenvalue weighted by Gasteiger charge is -2.05. The molecule has 3 N–H and O–H groups in total. The third-order valence-corrected chi connectivity index (χ3v) is 4.39. The second-order valence-electron chi connectivity index (χ2n) is 6.08. The van der Waals surface area contributed by atoms with Crippen LogP contribution in [0.15, 0.2) is 67.0 Å². The average Bonchev–Trinajstić information content (AvgIpc) is 3.04. The summed E-state index contributed by atoms with van der Waals surface area (Å²) < 4.78 is 5.32. The van der Waals surface area contributed by atoms with Gasteiger partial charge in [-0.15, -0.1) is 0 Å². The predicted molar refractivity (Wildman–Crippen MR) is 102 cm³/mol. The maximum atomic E-state index is 5.78. The highest BCUT2D eigenvalue weighted by Gasteiger charge is 2.08. The fraction of sp³-hybridized carbons (Fsp3) is 0.0952. The van der Waals surface area contributed by atoms with Crippen LogP contribution in [0, 0.1) is 0 Å². The number of benzene rings is 2. The van der Waals surface area contributed by atoms with Crippen molar-refractivity contribution in [3.8, 4) is 16.9 Å².